The molecule has 2 rings (SSSR count). The first-order valence-electron chi connectivity index (χ1n) is 8.01. The van der Waals surface area contributed by atoms with Crippen LogP contribution in [0.5, 0.6) is 0 Å². The molecule has 11 heteroatoms. The summed E-state index contributed by atoms with van der Waals surface area (Å²) in [5.74, 6) is -0.671. The maximum atomic E-state index is 12.9. The van der Waals surface area contributed by atoms with E-state index in [0.29, 0.717) is 25.9 Å². The number of nitro groups is 1. The highest BCUT2D eigenvalue weighted by Crippen LogP contribution is 2.29. The summed E-state index contributed by atoms with van der Waals surface area (Å²) in [5.41, 5.74) is 5.22. The number of carbonyl (C=O) groups excluding carboxylic acids is 1. The molecule has 1 saturated heterocycles. The molecular formula is C15H23ClN4O5S. The molecule has 3 N–H and O–H groups in total. The standard InChI is InChI=1S/C15H22N4O5S.ClH/c1-11-13(19(21)22)5-2-6-14(11)25(23,24)18-9-3-4-12(10-18)15(20)17-8-7-16;/h2,5-6,12H,3-4,7-10,16H2,1H3,(H,17,20);1H. The van der Waals surface area contributed by atoms with E-state index in [1.54, 1.807) is 0 Å². The fourth-order valence-corrected chi connectivity index (χ4v) is 4.70. The molecule has 1 aromatic carbocycles. The summed E-state index contributed by atoms with van der Waals surface area (Å²) in [7, 11) is -3.91. The van der Waals surface area contributed by atoms with Gasteiger partial charge in [-0.3, -0.25) is 14.9 Å². The van der Waals surface area contributed by atoms with E-state index >= 15 is 0 Å². The van der Waals surface area contributed by atoms with Crippen molar-refractivity contribution in [2.24, 2.45) is 11.7 Å². The molecule has 1 amide bonds. The Labute approximate surface area is 158 Å². The first-order chi connectivity index (χ1) is 11.8. The predicted octanol–water partition coefficient (Wildman–Crippen LogP) is 0.801. The summed E-state index contributed by atoms with van der Waals surface area (Å²) in [5, 5.41) is 13.7. The van der Waals surface area contributed by atoms with Crippen LogP contribution in [-0.4, -0.2) is 49.7 Å². The third-order valence-electron chi connectivity index (χ3n) is 4.27. The van der Waals surface area contributed by atoms with Crippen molar-refractivity contribution in [2.75, 3.05) is 26.2 Å². The van der Waals surface area contributed by atoms with E-state index in [1.807, 2.05) is 0 Å². The molecule has 0 radical (unpaired) electrons. The minimum Gasteiger partial charge on any atom is -0.355 e. The SMILES string of the molecule is Cc1c([N+](=O)[O-])cccc1S(=O)(=O)N1CCCC(C(=O)NCCN)C1.Cl. The van der Waals surface area contributed by atoms with Gasteiger partial charge in [0.1, 0.15) is 0 Å². The average Bonchev–Trinajstić information content (AvgIpc) is 2.59. The van der Waals surface area contributed by atoms with Gasteiger partial charge in [-0.1, -0.05) is 6.07 Å². The van der Waals surface area contributed by atoms with Crippen LogP contribution in [-0.2, 0) is 14.8 Å². The molecule has 0 aromatic heterocycles. The van der Waals surface area contributed by atoms with Gasteiger partial charge in [-0.2, -0.15) is 4.31 Å². The Balaban J connectivity index is 0.00000338. The minimum atomic E-state index is -3.91. The van der Waals surface area contributed by atoms with Gasteiger partial charge in [-0.25, -0.2) is 8.42 Å². The smallest absolute Gasteiger partial charge is 0.273 e. The van der Waals surface area contributed by atoms with Crippen molar-refractivity contribution in [3.63, 3.8) is 0 Å². The van der Waals surface area contributed by atoms with E-state index in [2.05, 4.69) is 5.32 Å². The van der Waals surface area contributed by atoms with E-state index in [4.69, 9.17) is 5.73 Å². The highest BCUT2D eigenvalue weighted by molar-refractivity contribution is 7.89. The summed E-state index contributed by atoms with van der Waals surface area (Å²) in [6.45, 7) is 2.41. The Morgan fingerprint density at radius 3 is 2.77 bits per heavy atom. The molecule has 0 aliphatic carbocycles. The van der Waals surface area contributed by atoms with E-state index in [-0.39, 0.29) is 47.6 Å². The maximum absolute atomic E-state index is 12.9. The van der Waals surface area contributed by atoms with Crippen LogP contribution in [0, 0.1) is 23.0 Å². The van der Waals surface area contributed by atoms with Crippen LogP contribution in [0.4, 0.5) is 5.69 Å². The molecule has 146 valence electrons. The molecule has 26 heavy (non-hydrogen) atoms. The van der Waals surface area contributed by atoms with Crippen LogP contribution >= 0.6 is 12.4 Å². The van der Waals surface area contributed by atoms with Crippen LogP contribution in [0.3, 0.4) is 0 Å². The zero-order chi connectivity index (χ0) is 18.6. The van der Waals surface area contributed by atoms with Crippen molar-refractivity contribution in [3.8, 4) is 0 Å². The van der Waals surface area contributed by atoms with Crippen LogP contribution in [0.15, 0.2) is 23.1 Å². The predicted molar refractivity (Wildman–Crippen MR) is 98.6 cm³/mol. The Bertz CT molecular complexity index is 771. The van der Waals surface area contributed by atoms with E-state index in [1.165, 1.54) is 29.4 Å². The van der Waals surface area contributed by atoms with Crippen LogP contribution in [0.2, 0.25) is 0 Å². The van der Waals surface area contributed by atoms with Crippen LogP contribution in [0.1, 0.15) is 18.4 Å². The molecule has 0 spiro atoms. The molecule has 1 aromatic rings. The number of nitro benzene ring substituents is 1. The molecule has 1 aliphatic heterocycles. The molecule has 0 saturated carbocycles. The number of hydrogen-bond donors (Lipinski definition) is 2. The average molecular weight is 407 g/mol. The lowest BCUT2D eigenvalue weighted by Gasteiger charge is -2.31. The van der Waals surface area contributed by atoms with Gasteiger partial charge in [0.05, 0.1) is 15.7 Å². The maximum Gasteiger partial charge on any atom is 0.273 e. The second-order valence-electron chi connectivity index (χ2n) is 5.94. The Morgan fingerprint density at radius 1 is 1.46 bits per heavy atom. The number of nitrogens with one attached hydrogen (secondary N) is 1. The Morgan fingerprint density at radius 2 is 2.15 bits per heavy atom. The quantitative estimate of drug-likeness (QED) is 0.529. The molecule has 1 atom stereocenters. The summed E-state index contributed by atoms with van der Waals surface area (Å²) in [6, 6.07) is 3.98. The molecule has 1 heterocycles. The first-order valence-corrected chi connectivity index (χ1v) is 9.45. The van der Waals surface area contributed by atoms with Gasteiger partial charge in [-0.05, 0) is 25.8 Å². The van der Waals surface area contributed by atoms with Gasteiger partial charge in [0.25, 0.3) is 5.69 Å². The highest BCUT2D eigenvalue weighted by atomic mass is 35.5. The number of nitrogens with zero attached hydrogens (tertiary/aromatic N) is 2. The number of carbonyl (C=O) groups is 1. The van der Waals surface area contributed by atoms with E-state index in [0.717, 1.165) is 0 Å². The van der Waals surface area contributed by atoms with Gasteiger partial charge in [0.2, 0.25) is 15.9 Å². The van der Waals surface area contributed by atoms with Gasteiger partial charge >= 0.3 is 0 Å². The molecule has 1 fully saturated rings. The van der Waals surface area contributed by atoms with Crippen molar-refractivity contribution >= 4 is 34.0 Å². The third-order valence-corrected chi connectivity index (χ3v) is 6.28. The van der Waals surface area contributed by atoms with Crippen molar-refractivity contribution < 1.29 is 18.1 Å². The number of halogens is 1. The van der Waals surface area contributed by atoms with Crippen molar-refractivity contribution in [1.82, 2.24) is 9.62 Å². The first kappa shape index (κ1) is 22.3. The van der Waals surface area contributed by atoms with Crippen molar-refractivity contribution in [2.45, 2.75) is 24.7 Å². The zero-order valence-corrected chi connectivity index (χ0v) is 16.0. The van der Waals surface area contributed by atoms with Crippen LogP contribution in [0.25, 0.3) is 0 Å². The van der Waals surface area contributed by atoms with E-state index < -0.39 is 20.9 Å². The summed E-state index contributed by atoms with van der Waals surface area (Å²) < 4.78 is 27.1. The summed E-state index contributed by atoms with van der Waals surface area (Å²) in [6.07, 6.45) is 1.14. The third kappa shape index (κ3) is 4.70. The minimum absolute atomic E-state index is 0. The second kappa shape index (κ2) is 9.26. The molecule has 9 nitrogen and oxygen atoms in total. The van der Waals surface area contributed by atoms with Crippen molar-refractivity contribution in [3.05, 3.63) is 33.9 Å². The van der Waals surface area contributed by atoms with Gasteiger partial charge < -0.3 is 11.1 Å². The Kier molecular flexibility index (Phi) is 7.94. The number of hydrogen-bond acceptors (Lipinski definition) is 6. The lowest BCUT2D eigenvalue weighted by Crippen LogP contribution is -2.46. The highest BCUT2D eigenvalue weighted by Gasteiger charge is 2.35. The number of piperidine rings is 1. The second-order valence-corrected chi connectivity index (χ2v) is 7.85. The Hall–Kier alpha value is -1.75. The lowest BCUT2D eigenvalue weighted by atomic mass is 9.99. The number of amides is 1. The number of benzene rings is 1. The van der Waals surface area contributed by atoms with Crippen molar-refractivity contribution in [1.29, 1.82) is 0 Å². The lowest BCUT2D eigenvalue weighted by molar-refractivity contribution is -0.385. The number of sulfonamides is 1. The molecule has 1 unspecified atom stereocenters. The molecular weight excluding hydrogens is 384 g/mol. The van der Waals surface area contributed by atoms with Gasteiger partial charge in [0.15, 0.2) is 0 Å². The number of rotatable bonds is 6. The molecule has 1 aliphatic rings. The zero-order valence-electron chi connectivity index (χ0n) is 14.4. The molecule has 0 bridgehead atoms. The van der Waals surface area contributed by atoms with Gasteiger partial charge in [-0.15, -0.1) is 12.4 Å². The fourth-order valence-electron chi connectivity index (χ4n) is 2.93. The monoisotopic (exact) mass is 406 g/mol. The van der Waals surface area contributed by atoms with Gasteiger partial charge in [0, 0.05) is 37.8 Å². The summed E-state index contributed by atoms with van der Waals surface area (Å²) in [4.78, 5) is 22.5. The summed E-state index contributed by atoms with van der Waals surface area (Å²) >= 11 is 0. The number of nitrogens with two attached hydrogens (primary N) is 1. The largest absolute Gasteiger partial charge is 0.355 e. The van der Waals surface area contributed by atoms with E-state index in [9.17, 15) is 23.3 Å². The topological polar surface area (TPSA) is 136 Å². The normalized spacial score (nSPS) is 18.0. The van der Waals surface area contributed by atoms with Crippen LogP contribution < -0.4 is 11.1 Å². The fraction of sp³-hybridized carbons (Fsp3) is 0.533.